The first-order valence-electron chi connectivity index (χ1n) is 11.5. The zero-order chi connectivity index (χ0) is 24.6. The Balaban J connectivity index is 1.29. The number of benzene rings is 3. The lowest BCUT2D eigenvalue weighted by Crippen LogP contribution is -2.12. The van der Waals surface area contributed by atoms with Crippen LogP contribution in [0.5, 0.6) is 5.75 Å². The summed E-state index contributed by atoms with van der Waals surface area (Å²) in [5.74, 6) is 3.07. The van der Waals surface area contributed by atoms with Gasteiger partial charge in [-0.25, -0.2) is 0 Å². The van der Waals surface area contributed by atoms with Crippen molar-refractivity contribution in [2.45, 2.75) is 24.1 Å². The summed E-state index contributed by atoms with van der Waals surface area (Å²) in [5.41, 5.74) is 3.04. The van der Waals surface area contributed by atoms with Crippen LogP contribution >= 0.6 is 11.8 Å². The van der Waals surface area contributed by atoms with E-state index in [0.29, 0.717) is 36.4 Å². The van der Waals surface area contributed by atoms with E-state index in [4.69, 9.17) is 14.0 Å². The lowest BCUT2D eigenvalue weighted by atomic mass is 10.1. The van der Waals surface area contributed by atoms with Crippen molar-refractivity contribution in [3.8, 4) is 28.3 Å². The van der Waals surface area contributed by atoms with Crippen LogP contribution in [0.25, 0.3) is 22.5 Å². The number of hydrogen-bond acceptors (Lipinski definition) is 8. The van der Waals surface area contributed by atoms with Gasteiger partial charge in [0.25, 0.3) is 0 Å². The van der Waals surface area contributed by atoms with Crippen LogP contribution in [-0.4, -0.2) is 38.6 Å². The molecule has 5 rings (SSSR count). The number of thioether (sulfide) groups is 1. The fourth-order valence-electron chi connectivity index (χ4n) is 3.67. The molecule has 0 saturated carbocycles. The molecule has 0 spiro atoms. The highest BCUT2D eigenvalue weighted by atomic mass is 32.2. The summed E-state index contributed by atoms with van der Waals surface area (Å²) in [6, 6.07) is 27.9. The van der Waals surface area contributed by atoms with E-state index in [9.17, 15) is 0 Å². The SMILES string of the molecule is COCCn1c(COc2ccccc2-c2ccccc2)nnc1SCc1nc(-c2ccccc2)no1. The summed E-state index contributed by atoms with van der Waals surface area (Å²) in [4.78, 5) is 4.50. The summed E-state index contributed by atoms with van der Waals surface area (Å²) in [5, 5.41) is 13.6. The summed E-state index contributed by atoms with van der Waals surface area (Å²) in [6.07, 6.45) is 0. The molecule has 5 aromatic rings. The minimum atomic E-state index is 0.278. The van der Waals surface area contributed by atoms with E-state index in [0.717, 1.165) is 27.6 Å². The molecule has 8 nitrogen and oxygen atoms in total. The fourth-order valence-corrected chi connectivity index (χ4v) is 4.50. The highest BCUT2D eigenvalue weighted by Crippen LogP contribution is 2.30. The number of hydrogen-bond donors (Lipinski definition) is 0. The van der Waals surface area contributed by atoms with Gasteiger partial charge in [-0.3, -0.25) is 0 Å². The molecule has 0 atom stereocenters. The summed E-state index contributed by atoms with van der Waals surface area (Å²) in [7, 11) is 1.67. The molecule has 0 bridgehead atoms. The lowest BCUT2D eigenvalue weighted by molar-refractivity contribution is 0.181. The second kappa shape index (κ2) is 11.7. The van der Waals surface area contributed by atoms with Gasteiger partial charge in [0.05, 0.1) is 12.4 Å². The van der Waals surface area contributed by atoms with Gasteiger partial charge in [-0.15, -0.1) is 10.2 Å². The summed E-state index contributed by atoms with van der Waals surface area (Å²) >= 11 is 1.48. The van der Waals surface area contributed by atoms with Gasteiger partial charge in [0.2, 0.25) is 11.7 Å². The Bertz CT molecular complexity index is 1390. The average Bonchev–Trinajstić information content (AvgIpc) is 3.57. The largest absolute Gasteiger partial charge is 0.485 e. The molecule has 0 fully saturated rings. The normalized spacial score (nSPS) is 11.0. The van der Waals surface area contributed by atoms with Crippen LogP contribution in [0, 0.1) is 0 Å². The topological polar surface area (TPSA) is 88.1 Å². The molecule has 2 heterocycles. The van der Waals surface area contributed by atoms with Crippen molar-refractivity contribution in [1.29, 1.82) is 0 Å². The Morgan fingerprint density at radius 2 is 1.58 bits per heavy atom. The second-order valence-corrected chi connectivity index (χ2v) is 8.80. The summed E-state index contributed by atoms with van der Waals surface area (Å²) in [6.45, 7) is 1.40. The third kappa shape index (κ3) is 5.64. The number of para-hydroxylation sites is 1. The molecule has 0 aliphatic carbocycles. The molecule has 0 amide bonds. The highest BCUT2D eigenvalue weighted by molar-refractivity contribution is 7.98. The van der Waals surface area contributed by atoms with Crippen LogP contribution in [0.1, 0.15) is 11.7 Å². The molecule has 0 saturated heterocycles. The Morgan fingerprint density at radius 3 is 2.36 bits per heavy atom. The maximum Gasteiger partial charge on any atom is 0.237 e. The fraction of sp³-hybridized carbons (Fsp3) is 0.185. The lowest BCUT2D eigenvalue weighted by Gasteiger charge is -2.13. The van der Waals surface area contributed by atoms with E-state index in [1.807, 2.05) is 71.3 Å². The smallest absolute Gasteiger partial charge is 0.237 e. The van der Waals surface area contributed by atoms with Crippen molar-refractivity contribution >= 4 is 11.8 Å². The summed E-state index contributed by atoms with van der Waals surface area (Å²) < 4.78 is 19.0. The quantitative estimate of drug-likeness (QED) is 0.220. The van der Waals surface area contributed by atoms with Gasteiger partial charge in [-0.2, -0.15) is 4.98 Å². The predicted molar refractivity (Wildman–Crippen MR) is 137 cm³/mol. The van der Waals surface area contributed by atoms with E-state index < -0.39 is 0 Å². The average molecular weight is 500 g/mol. The standard InChI is InChI=1S/C27H25N5O3S/c1-33-17-16-32-24(18-34-23-15-9-8-14-22(23)20-10-4-2-5-11-20)29-30-27(32)36-19-25-28-26(31-35-25)21-12-6-3-7-13-21/h2-15H,16-19H2,1H3. The van der Waals surface area contributed by atoms with E-state index >= 15 is 0 Å². The first-order valence-corrected chi connectivity index (χ1v) is 12.5. The molecular weight excluding hydrogens is 474 g/mol. The van der Waals surface area contributed by atoms with Crippen LogP contribution in [-0.2, 0) is 23.6 Å². The van der Waals surface area contributed by atoms with Crippen LogP contribution in [0.3, 0.4) is 0 Å². The van der Waals surface area contributed by atoms with Gasteiger partial charge in [0.1, 0.15) is 12.4 Å². The number of nitrogens with zero attached hydrogens (tertiary/aromatic N) is 5. The Kier molecular flexibility index (Phi) is 7.70. The van der Waals surface area contributed by atoms with Crippen LogP contribution in [0.2, 0.25) is 0 Å². The minimum Gasteiger partial charge on any atom is -0.485 e. The van der Waals surface area contributed by atoms with Gasteiger partial charge < -0.3 is 18.6 Å². The van der Waals surface area contributed by atoms with Crippen LogP contribution in [0.4, 0.5) is 0 Å². The highest BCUT2D eigenvalue weighted by Gasteiger charge is 2.16. The third-order valence-electron chi connectivity index (χ3n) is 5.47. The van der Waals surface area contributed by atoms with Gasteiger partial charge in [0, 0.05) is 24.8 Å². The zero-order valence-electron chi connectivity index (χ0n) is 19.8. The second-order valence-electron chi connectivity index (χ2n) is 7.86. The van der Waals surface area contributed by atoms with Crippen molar-refractivity contribution in [3.05, 3.63) is 96.6 Å². The first-order chi connectivity index (χ1) is 17.8. The van der Waals surface area contributed by atoms with E-state index in [1.165, 1.54) is 11.8 Å². The van der Waals surface area contributed by atoms with Gasteiger partial charge in [-0.1, -0.05) is 95.8 Å². The molecule has 36 heavy (non-hydrogen) atoms. The molecule has 0 aliphatic rings. The maximum atomic E-state index is 6.21. The Morgan fingerprint density at radius 1 is 0.861 bits per heavy atom. The maximum absolute atomic E-state index is 6.21. The molecule has 182 valence electrons. The van der Waals surface area contributed by atoms with E-state index in [-0.39, 0.29) is 6.61 Å². The molecule has 3 aromatic carbocycles. The van der Waals surface area contributed by atoms with Gasteiger partial charge in [-0.05, 0) is 11.6 Å². The van der Waals surface area contributed by atoms with Crippen LogP contribution < -0.4 is 4.74 Å². The molecule has 0 unspecified atom stereocenters. The molecule has 9 heteroatoms. The molecule has 0 radical (unpaired) electrons. The Hall–Kier alpha value is -3.95. The number of methoxy groups -OCH3 is 1. The van der Waals surface area contributed by atoms with Gasteiger partial charge in [0.15, 0.2) is 11.0 Å². The van der Waals surface area contributed by atoms with E-state index in [1.54, 1.807) is 7.11 Å². The monoisotopic (exact) mass is 499 g/mol. The number of ether oxygens (including phenoxy) is 2. The van der Waals surface area contributed by atoms with Gasteiger partial charge >= 0.3 is 0 Å². The van der Waals surface area contributed by atoms with Crippen molar-refractivity contribution in [3.63, 3.8) is 0 Å². The number of aromatic nitrogens is 5. The molecular formula is C27H25N5O3S. The van der Waals surface area contributed by atoms with Crippen molar-refractivity contribution < 1.29 is 14.0 Å². The van der Waals surface area contributed by atoms with Crippen molar-refractivity contribution in [2.24, 2.45) is 0 Å². The van der Waals surface area contributed by atoms with E-state index in [2.05, 4.69) is 38.5 Å². The minimum absolute atomic E-state index is 0.278. The molecule has 2 aromatic heterocycles. The van der Waals surface area contributed by atoms with Crippen molar-refractivity contribution in [2.75, 3.05) is 13.7 Å². The van der Waals surface area contributed by atoms with Crippen molar-refractivity contribution in [1.82, 2.24) is 24.9 Å². The number of rotatable bonds is 11. The predicted octanol–water partition coefficient (Wildman–Crippen LogP) is 5.51. The molecule has 0 aliphatic heterocycles. The zero-order valence-corrected chi connectivity index (χ0v) is 20.6. The van der Waals surface area contributed by atoms with Crippen LogP contribution in [0.15, 0.2) is 94.6 Å². The first kappa shape index (κ1) is 23.8. The Labute approximate surface area is 213 Å². The third-order valence-corrected chi connectivity index (χ3v) is 6.42. The molecule has 0 N–H and O–H groups in total.